The van der Waals surface area contributed by atoms with Gasteiger partial charge in [-0.15, -0.1) is 11.3 Å². The zero-order valence-corrected chi connectivity index (χ0v) is 16.0. The second-order valence-electron chi connectivity index (χ2n) is 5.59. The van der Waals surface area contributed by atoms with E-state index < -0.39 is 11.9 Å². The molecule has 0 aliphatic heterocycles. The van der Waals surface area contributed by atoms with Crippen LogP contribution in [0.1, 0.15) is 20.7 Å². The second-order valence-corrected chi connectivity index (χ2v) is 6.61. The SMILES string of the molecule is COC(=O)c1c(-c2ccccc2)sc(-c2ccc(OC)cc2)c1C(=O)OC. The first-order valence-corrected chi connectivity index (χ1v) is 8.95. The monoisotopic (exact) mass is 382 g/mol. The van der Waals surface area contributed by atoms with Crippen molar-refractivity contribution in [3.05, 3.63) is 65.7 Å². The van der Waals surface area contributed by atoms with Crippen molar-refractivity contribution in [1.82, 2.24) is 0 Å². The lowest BCUT2D eigenvalue weighted by molar-refractivity contribution is 0.0558. The van der Waals surface area contributed by atoms with Gasteiger partial charge in [-0.2, -0.15) is 0 Å². The molecule has 3 aromatic rings. The Bertz CT molecular complexity index is 958. The zero-order valence-electron chi connectivity index (χ0n) is 15.1. The highest BCUT2D eigenvalue weighted by Gasteiger charge is 2.30. The van der Waals surface area contributed by atoms with Gasteiger partial charge < -0.3 is 14.2 Å². The number of esters is 2. The Hall–Kier alpha value is -3.12. The summed E-state index contributed by atoms with van der Waals surface area (Å²) in [6.45, 7) is 0. The van der Waals surface area contributed by atoms with Crippen molar-refractivity contribution < 1.29 is 23.8 Å². The lowest BCUT2D eigenvalue weighted by Gasteiger charge is -2.07. The molecule has 6 heteroatoms. The van der Waals surface area contributed by atoms with Gasteiger partial charge in [0.2, 0.25) is 0 Å². The summed E-state index contributed by atoms with van der Waals surface area (Å²) in [4.78, 5) is 26.4. The second kappa shape index (κ2) is 8.05. The van der Waals surface area contributed by atoms with Crippen molar-refractivity contribution >= 4 is 23.3 Å². The predicted molar refractivity (Wildman–Crippen MR) is 104 cm³/mol. The Morgan fingerprint density at radius 2 is 1.19 bits per heavy atom. The third-order valence-electron chi connectivity index (χ3n) is 4.08. The molecule has 3 rings (SSSR count). The van der Waals surface area contributed by atoms with Gasteiger partial charge in [-0.1, -0.05) is 30.3 Å². The van der Waals surface area contributed by atoms with E-state index in [-0.39, 0.29) is 11.1 Å². The fraction of sp³-hybridized carbons (Fsp3) is 0.143. The van der Waals surface area contributed by atoms with Crippen molar-refractivity contribution in [1.29, 1.82) is 0 Å². The van der Waals surface area contributed by atoms with Crippen molar-refractivity contribution in [2.24, 2.45) is 0 Å². The molecule has 1 aromatic heterocycles. The van der Waals surface area contributed by atoms with Crippen LogP contribution in [0.2, 0.25) is 0 Å². The normalized spacial score (nSPS) is 10.3. The molecule has 0 amide bonds. The first-order valence-electron chi connectivity index (χ1n) is 8.14. The average molecular weight is 382 g/mol. The molecule has 0 aliphatic carbocycles. The smallest absolute Gasteiger partial charge is 0.340 e. The van der Waals surface area contributed by atoms with E-state index in [2.05, 4.69) is 0 Å². The number of ether oxygens (including phenoxy) is 3. The van der Waals surface area contributed by atoms with Gasteiger partial charge >= 0.3 is 11.9 Å². The van der Waals surface area contributed by atoms with Crippen molar-refractivity contribution in [3.63, 3.8) is 0 Å². The molecule has 0 bridgehead atoms. The van der Waals surface area contributed by atoms with E-state index in [1.54, 1.807) is 19.2 Å². The predicted octanol–water partition coefficient (Wildman–Crippen LogP) is 4.66. The van der Waals surface area contributed by atoms with Crippen LogP contribution >= 0.6 is 11.3 Å². The highest BCUT2D eigenvalue weighted by atomic mass is 32.1. The van der Waals surface area contributed by atoms with Crippen LogP contribution < -0.4 is 4.74 Å². The number of rotatable bonds is 5. The molecule has 0 unspecified atom stereocenters. The molecule has 2 aromatic carbocycles. The van der Waals surface area contributed by atoms with Crippen LogP contribution in [0.25, 0.3) is 20.9 Å². The number of hydrogen-bond acceptors (Lipinski definition) is 6. The zero-order chi connectivity index (χ0) is 19.4. The topological polar surface area (TPSA) is 61.8 Å². The van der Waals surface area contributed by atoms with Crippen LogP contribution in [0.4, 0.5) is 0 Å². The molecule has 0 atom stereocenters. The third kappa shape index (κ3) is 3.57. The molecule has 27 heavy (non-hydrogen) atoms. The first-order chi connectivity index (χ1) is 13.1. The quantitative estimate of drug-likeness (QED) is 0.601. The number of carbonyl (C=O) groups is 2. The molecular weight excluding hydrogens is 364 g/mol. The van der Waals surface area contributed by atoms with Crippen molar-refractivity contribution in [2.45, 2.75) is 0 Å². The fourth-order valence-electron chi connectivity index (χ4n) is 2.76. The van der Waals surface area contributed by atoms with E-state index in [0.29, 0.717) is 15.5 Å². The van der Waals surface area contributed by atoms with Crippen LogP contribution in [0.5, 0.6) is 5.75 Å². The van der Waals surface area contributed by atoms with Gasteiger partial charge in [-0.3, -0.25) is 0 Å². The summed E-state index contributed by atoms with van der Waals surface area (Å²) in [5, 5.41) is 0. The van der Waals surface area contributed by atoms with Gasteiger partial charge in [-0.25, -0.2) is 9.59 Å². The number of methoxy groups -OCH3 is 3. The average Bonchev–Trinajstić information content (AvgIpc) is 3.14. The van der Waals surface area contributed by atoms with Gasteiger partial charge in [0.1, 0.15) is 5.75 Å². The molecular formula is C21H18O5S. The van der Waals surface area contributed by atoms with Crippen LogP contribution in [0.15, 0.2) is 54.6 Å². The maximum absolute atomic E-state index is 12.6. The lowest BCUT2D eigenvalue weighted by Crippen LogP contribution is -2.11. The molecule has 0 aliphatic rings. The van der Waals surface area contributed by atoms with Crippen LogP contribution in [0.3, 0.4) is 0 Å². The molecule has 1 heterocycles. The van der Waals surface area contributed by atoms with E-state index in [4.69, 9.17) is 14.2 Å². The van der Waals surface area contributed by atoms with Crippen LogP contribution in [-0.4, -0.2) is 33.3 Å². The van der Waals surface area contributed by atoms with Crippen molar-refractivity contribution in [2.75, 3.05) is 21.3 Å². The molecule has 5 nitrogen and oxygen atoms in total. The van der Waals surface area contributed by atoms with E-state index in [1.165, 1.54) is 25.6 Å². The Balaban J connectivity index is 2.30. The van der Waals surface area contributed by atoms with Crippen molar-refractivity contribution in [3.8, 4) is 26.6 Å². The summed E-state index contributed by atoms with van der Waals surface area (Å²) in [5.41, 5.74) is 2.03. The Kier molecular flexibility index (Phi) is 5.57. The Morgan fingerprint density at radius 3 is 1.63 bits per heavy atom. The molecule has 0 saturated carbocycles. The van der Waals surface area contributed by atoms with Crippen LogP contribution in [-0.2, 0) is 9.47 Å². The molecule has 0 spiro atoms. The summed E-state index contributed by atoms with van der Waals surface area (Å²) < 4.78 is 15.1. The van der Waals surface area contributed by atoms with E-state index in [9.17, 15) is 9.59 Å². The van der Waals surface area contributed by atoms with E-state index in [0.717, 1.165) is 11.1 Å². The highest BCUT2D eigenvalue weighted by Crippen LogP contribution is 2.43. The molecule has 138 valence electrons. The van der Waals surface area contributed by atoms with Gasteiger partial charge in [0.25, 0.3) is 0 Å². The van der Waals surface area contributed by atoms with E-state index in [1.807, 2.05) is 42.5 Å². The highest BCUT2D eigenvalue weighted by molar-refractivity contribution is 7.19. The van der Waals surface area contributed by atoms with Gasteiger partial charge in [-0.05, 0) is 35.4 Å². The number of hydrogen-bond donors (Lipinski definition) is 0. The van der Waals surface area contributed by atoms with Gasteiger partial charge in [0.15, 0.2) is 0 Å². The number of carbonyl (C=O) groups excluding carboxylic acids is 2. The summed E-state index contributed by atoms with van der Waals surface area (Å²) in [6, 6.07) is 16.7. The first kappa shape index (κ1) is 18.7. The Morgan fingerprint density at radius 1 is 0.704 bits per heavy atom. The van der Waals surface area contributed by atoms with Crippen LogP contribution in [0, 0.1) is 0 Å². The minimum absolute atomic E-state index is 0.207. The maximum Gasteiger partial charge on any atom is 0.340 e. The summed E-state index contributed by atoms with van der Waals surface area (Å²) in [5.74, 6) is -0.462. The maximum atomic E-state index is 12.6. The fourth-order valence-corrected chi connectivity index (χ4v) is 4.05. The van der Waals surface area contributed by atoms with E-state index >= 15 is 0 Å². The van der Waals surface area contributed by atoms with Gasteiger partial charge in [0, 0.05) is 0 Å². The summed E-state index contributed by atoms with van der Waals surface area (Å²) in [7, 11) is 4.17. The molecule has 0 fully saturated rings. The summed E-state index contributed by atoms with van der Waals surface area (Å²) in [6.07, 6.45) is 0. The molecule has 0 N–H and O–H groups in total. The minimum Gasteiger partial charge on any atom is -0.497 e. The largest absolute Gasteiger partial charge is 0.497 e. The number of benzene rings is 2. The third-order valence-corrected chi connectivity index (χ3v) is 5.36. The summed E-state index contributed by atoms with van der Waals surface area (Å²) >= 11 is 1.35. The molecule has 0 saturated heterocycles. The molecule has 0 radical (unpaired) electrons. The minimum atomic E-state index is -0.584. The number of thiophene rings is 1. The Labute approximate surface area is 161 Å². The standard InChI is InChI=1S/C21H18O5S/c1-24-15-11-9-14(10-12-15)19-17(21(23)26-3)16(20(22)25-2)18(27-19)13-7-5-4-6-8-13/h4-12H,1-3H3. The van der Waals surface area contributed by atoms with Gasteiger partial charge in [0.05, 0.1) is 42.2 Å². The lowest BCUT2D eigenvalue weighted by atomic mass is 10.0.